The quantitative estimate of drug-likeness (QED) is 0.835. The topological polar surface area (TPSA) is 29.5 Å². The summed E-state index contributed by atoms with van der Waals surface area (Å²) in [6, 6.07) is 5.50. The van der Waals surface area contributed by atoms with Crippen molar-refractivity contribution in [2.24, 2.45) is 0 Å². The molecule has 0 heterocycles. The summed E-state index contributed by atoms with van der Waals surface area (Å²) in [7, 11) is 3.38. The molecule has 0 bridgehead atoms. The fourth-order valence-corrected chi connectivity index (χ4v) is 2.52. The monoisotopic (exact) mass is 349 g/mol. The molecule has 0 radical (unpaired) electrons. The molecule has 0 unspecified atom stereocenters. The Balaban J connectivity index is 2.79. The van der Waals surface area contributed by atoms with Gasteiger partial charge in [0, 0.05) is 35.2 Å². The van der Waals surface area contributed by atoms with Gasteiger partial charge in [0.25, 0.3) is 5.91 Å². The Labute approximate surface area is 112 Å². The van der Waals surface area contributed by atoms with Crippen LogP contribution in [0.3, 0.4) is 0 Å². The normalized spacial score (nSPS) is 10.2. The summed E-state index contributed by atoms with van der Waals surface area (Å²) >= 11 is 6.72. The van der Waals surface area contributed by atoms with E-state index in [0.717, 1.165) is 8.95 Å². The minimum Gasteiger partial charge on any atom is -0.383 e. The second-order valence-corrected chi connectivity index (χ2v) is 5.21. The number of ether oxygens (including phenoxy) is 1. The van der Waals surface area contributed by atoms with Gasteiger partial charge in [-0.15, -0.1) is 0 Å². The van der Waals surface area contributed by atoms with E-state index in [4.69, 9.17) is 4.74 Å². The van der Waals surface area contributed by atoms with Crippen LogP contribution in [0.5, 0.6) is 0 Å². The predicted octanol–water partition coefficient (Wildman–Crippen LogP) is 2.93. The highest BCUT2D eigenvalue weighted by atomic mass is 79.9. The van der Waals surface area contributed by atoms with Gasteiger partial charge in [0.2, 0.25) is 0 Å². The molecule has 0 fully saturated rings. The van der Waals surface area contributed by atoms with E-state index in [2.05, 4.69) is 31.9 Å². The molecule has 0 aliphatic carbocycles. The fraction of sp³-hybridized carbons (Fsp3) is 0.364. The molecule has 0 aliphatic rings. The zero-order valence-corrected chi connectivity index (χ0v) is 12.3. The number of amides is 1. The van der Waals surface area contributed by atoms with Crippen molar-refractivity contribution in [1.29, 1.82) is 0 Å². The van der Waals surface area contributed by atoms with Crippen LogP contribution in [0.15, 0.2) is 27.1 Å². The summed E-state index contributed by atoms with van der Waals surface area (Å²) in [5.41, 5.74) is 0.653. The molecular formula is C11H13Br2NO2. The summed E-state index contributed by atoms with van der Waals surface area (Å²) in [4.78, 5) is 13.6. The minimum atomic E-state index is -0.0148. The first-order valence-corrected chi connectivity index (χ1v) is 6.33. The Morgan fingerprint density at radius 2 is 1.88 bits per heavy atom. The molecule has 0 spiro atoms. The number of methoxy groups -OCH3 is 1. The van der Waals surface area contributed by atoms with Crippen LogP contribution >= 0.6 is 31.9 Å². The van der Waals surface area contributed by atoms with Gasteiger partial charge >= 0.3 is 0 Å². The predicted molar refractivity (Wildman–Crippen MR) is 70.7 cm³/mol. The number of rotatable bonds is 4. The van der Waals surface area contributed by atoms with Crippen LogP contribution in [-0.4, -0.2) is 38.1 Å². The van der Waals surface area contributed by atoms with Crippen molar-refractivity contribution in [3.05, 3.63) is 32.7 Å². The first kappa shape index (κ1) is 13.7. The average molecular weight is 351 g/mol. The zero-order valence-electron chi connectivity index (χ0n) is 9.17. The molecule has 1 aromatic carbocycles. The Morgan fingerprint density at radius 3 is 2.38 bits per heavy atom. The molecule has 0 aliphatic heterocycles. The van der Waals surface area contributed by atoms with E-state index in [1.165, 1.54) is 0 Å². The molecule has 5 heteroatoms. The number of hydrogen-bond donors (Lipinski definition) is 0. The number of likely N-dealkylation sites (N-methyl/N-ethyl adjacent to an activating group) is 1. The van der Waals surface area contributed by atoms with E-state index in [0.29, 0.717) is 18.7 Å². The largest absolute Gasteiger partial charge is 0.383 e. The highest BCUT2D eigenvalue weighted by molar-refractivity contribution is 9.11. The smallest absolute Gasteiger partial charge is 0.253 e. The molecule has 0 aromatic heterocycles. The molecule has 1 rings (SSSR count). The molecule has 1 aromatic rings. The molecule has 3 nitrogen and oxygen atoms in total. The maximum Gasteiger partial charge on any atom is 0.253 e. The third-order valence-corrected chi connectivity index (χ3v) is 3.00. The lowest BCUT2D eigenvalue weighted by Crippen LogP contribution is -2.29. The Morgan fingerprint density at radius 1 is 1.31 bits per heavy atom. The van der Waals surface area contributed by atoms with Crippen LogP contribution in [0.25, 0.3) is 0 Å². The van der Waals surface area contributed by atoms with Gasteiger partial charge < -0.3 is 9.64 Å². The molecule has 0 N–H and O–H groups in total. The maximum absolute atomic E-state index is 12.0. The summed E-state index contributed by atoms with van der Waals surface area (Å²) in [6.07, 6.45) is 0. The van der Waals surface area contributed by atoms with Crippen molar-refractivity contribution in [2.45, 2.75) is 0 Å². The van der Waals surface area contributed by atoms with Crippen LogP contribution in [-0.2, 0) is 4.74 Å². The maximum atomic E-state index is 12.0. The van der Waals surface area contributed by atoms with Gasteiger partial charge in [-0.05, 0) is 18.2 Å². The second kappa shape index (κ2) is 6.37. The van der Waals surface area contributed by atoms with Crippen molar-refractivity contribution < 1.29 is 9.53 Å². The second-order valence-electron chi connectivity index (χ2n) is 3.38. The number of carbonyl (C=O) groups excluding carboxylic acids is 1. The highest BCUT2D eigenvalue weighted by Crippen LogP contribution is 2.20. The van der Waals surface area contributed by atoms with Gasteiger partial charge in [0.1, 0.15) is 0 Å². The third-order valence-electron chi connectivity index (χ3n) is 2.09. The van der Waals surface area contributed by atoms with E-state index < -0.39 is 0 Å². The average Bonchev–Trinajstić information content (AvgIpc) is 2.23. The van der Waals surface area contributed by atoms with Crippen LogP contribution in [0, 0.1) is 0 Å². The number of nitrogens with zero attached hydrogens (tertiary/aromatic N) is 1. The van der Waals surface area contributed by atoms with Gasteiger partial charge in [0.15, 0.2) is 0 Å². The first-order valence-electron chi connectivity index (χ1n) is 4.75. The standard InChI is InChI=1S/C11H13Br2NO2/c1-14(3-4-16-2)11(15)8-5-9(12)7-10(13)6-8/h5-7H,3-4H2,1-2H3. The molecule has 16 heavy (non-hydrogen) atoms. The van der Waals surface area contributed by atoms with Crippen LogP contribution in [0.2, 0.25) is 0 Å². The van der Waals surface area contributed by atoms with Gasteiger partial charge in [-0.25, -0.2) is 0 Å². The SMILES string of the molecule is COCCN(C)C(=O)c1cc(Br)cc(Br)c1. The minimum absolute atomic E-state index is 0.0148. The van der Waals surface area contributed by atoms with Gasteiger partial charge in [-0.3, -0.25) is 4.79 Å². The van der Waals surface area contributed by atoms with Crippen LogP contribution < -0.4 is 0 Å². The summed E-state index contributed by atoms with van der Waals surface area (Å²) in [5, 5.41) is 0. The van der Waals surface area contributed by atoms with Gasteiger partial charge in [0.05, 0.1) is 6.61 Å². The third kappa shape index (κ3) is 3.88. The lowest BCUT2D eigenvalue weighted by atomic mass is 10.2. The summed E-state index contributed by atoms with van der Waals surface area (Å²) in [6.45, 7) is 1.12. The van der Waals surface area contributed by atoms with E-state index in [1.807, 2.05) is 6.07 Å². The summed E-state index contributed by atoms with van der Waals surface area (Å²) < 4.78 is 6.69. The molecule has 0 saturated heterocycles. The Kier molecular flexibility index (Phi) is 5.44. The van der Waals surface area contributed by atoms with Crippen molar-refractivity contribution in [3.63, 3.8) is 0 Å². The van der Waals surface area contributed by atoms with Crippen molar-refractivity contribution >= 4 is 37.8 Å². The number of carbonyl (C=O) groups is 1. The zero-order chi connectivity index (χ0) is 12.1. The van der Waals surface area contributed by atoms with E-state index >= 15 is 0 Å². The Bertz CT molecular complexity index is 362. The van der Waals surface area contributed by atoms with Gasteiger partial charge in [-0.2, -0.15) is 0 Å². The van der Waals surface area contributed by atoms with E-state index in [1.54, 1.807) is 31.2 Å². The van der Waals surface area contributed by atoms with Crippen LogP contribution in [0.1, 0.15) is 10.4 Å². The molecule has 88 valence electrons. The van der Waals surface area contributed by atoms with Crippen molar-refractivity contribution in [1.82, 2.24) is 4.90 Å². The number of halogens is 2. The first-order chi connectivity index (χ1) is 7.54. The molecule has 1 amide bonds. The number of benzene rings is 1. The van der Waals surface area contributed by atoms with E-state index in [-0.39, 0.29) is 5.91 Å². The molecular weight excluding hydrogens is 338 g/mol. The summed E-state index contributed by atoms with van der Waals surface area (Å²) in [5.74, 6) is -0.0148. The highest BCUT2D eigenvalue weighted by Gasteiger charge is 2.12. The Hall–Kier alpha value is -0.390. The van der Waals surface area contributed by atoms with Crippen LogP contribution in [0.4, 0.5) is 0 Å². The van der Waals surface area contributed by atoms with Gasteiger partial charge in [-0.1, -0.05) is 31.9 Å². The van der Waals surface area contributed by atoms with E-state index in [9.17, 15) is 4.79 Å². The molecule has 0 atom stereocenters. The lowest BCUT2D eigenvalue weighted by Gasteiger charge is -2.16. The fourth-order valence-electron chi connectivity index (χ4n) is 1.23. The van der Waals surface area contributed by atoms with Crippen molar-refractivity contribution in [3.8, 4) is 0 Å². The van der Waals surface area contributed by atoms with Crippen molar-refractivity contribution in [2.75, 3.05) is 27.3 Å². The lowest BCUT2D eigenvalue weighted by molar-refractivity contribution is 0.0744. The molecule has 0 saturated carbocycles. The number of hydrogen-bond acceptors (Lipinski definition) is 2.